The first-order valence-electron chi connectivity index (χ1n) is 8.17. The molecule has 0 fully saturated rings. The number of carbonyl (C=O) groups is 1. The second-order valence-corrected chi connectivity index (χ2v) is 7.52. The van der Waals surface area contributed by atoms with E-state index in [1.807, 2.05) is 23.6 Å². The van der Waals surface area contributed by atoms with Gasteiger partial charge in [0.05, 0.1) is 17.4 Å². The van der Waals surface area contributed by atoms with Crippen molar-refractivity contribution in [2.45, 2.75) is 0 Å². The molecule has 1 amide bonds. The predicted molar refractivity (Wildman–Crippen MR) is 111 cm³/mol. The van der Waals surface area contributed by atoms with Crippen LogP contribution >= 0.6 is 22.7 Å². The fourth-order valence-corrected chi connectivity index (χ4v) is 3.98. The maximum absolute atomic E-state index is 12.3. The van der Waals surface area contributed by atoms with Crippen LogP contribution in [0.2, 0.25) is 0 Å². The monoisotopic (exact) mass is 410 g/mol. The van der Waals surface area contributed by atoms with Gasteiger partial charge in [-0.05, 0) is 41.3 Å². The first-order chi connectivity index (χ1) is 13.7. The molecule has 0 spiro atoms. The van der Waals surface area contributed by atoms with Gasteiger partial charge in [0.2, 0.25) is 5.13 Å². The number of amides is 1. The summed E-state index contributed by atoms with van der Waals surface area (Å²) in [5, 5.41) is 19.6. The molecule has 0 aliphatic heterocycles. The van der Waals surface area contributed by atoms with Gasteiger partial charge in [-0.3, -0.25) is 10.2 Å². The fourth-order valence-electron chi connectivity index (χ4n) is 2.37. The van der Waals surface area contributed by atoms with Crippen LogP contribution in [0.5, 0.6) is 5.75 Å². The van der Waals surface area contributed by atoms with E-state index < -0.39 is 0 Å². The highest BCUT2D eigenvalue weighted by Crippen LogP contribution is 2.38. The van der Waals surface area contributed by atoms with Gasteiger partial charge in [-0.25, -0.2) is 4.98 Å². The molecular weight excluding hydrogens is 396 g/mol. The number of hydrogen-bond acceptors (Lipinski definition) is 8. The summed E-state index contributed by atoms with van der Waals surface area (Å²) in [7, 11) is 0. The molecule has 140 valence electrons. The van der Waals surface area contributed by atoms with Gasteiger partial charge in [0, 0.05) is 0 Å². The number of rotatable bonds is 6. The van der Waals surface area contributed by atoms with E-state index in [9.17, 15) is 9.90 Å². The maximum atomic E-state index is 12.3. The zero-order valence-corrected chi connectivity index (χ0v) is 16.0. The van der Waals surface area contributed by atoms with E-state index in [1.165, 1.54) is 28.9 Å². The van der Waals surface area contributed by atoms with Crippen LogP contribution in [0.1, 0.15) is 16.1 Å². The number of nitrogens with one attached hydrogen (secondary N) is 2. The molecule has 3 aromatic heterocycles. The Bertz CT molecular complexity index is 1100. The molecule has 3 heterocycles. The SMILES string of the molecule is O=C(Nc1sc(NN=Cc2cccc(O)c2)nc1-c1cccs1)c1ccco1. The first kappa shape index (κ1) is 18.0. The Labute approximate surface area is 168 Å². The number of benzene rings is 1. The molecule has 0 saturated heterocycles. The molecule has 0 bridgehead atoms. The first-order valence-corrected chi connectivity index (χ1v) is 9.86. The summed E-state index contributed by atoms with van der Waals surface area (Å²) >= 11 is 2.80. The molecule has 4 aromatic rings. The van der Waals surface area contributed by atoms with Gasteiger partial charge in [-0.15, -0.1) is 11.3 Å². The number of hydrogen-bond donors (Lipinski definition) is 3. The van der Waals surface area contributed by atoms with Gasteiger partial charge >= 0.3 is 0 Å². The van der Waals surface area contributed by atoms with Gasteiger partial charge in [0.15, 0.2) is 5.76 Å². The number of furan rings is 1. The Balaban J connectivity index is 1.56. The summed E-state index contributed by atoms with van der Waals surface area (Å²) in [6.07, 6.45) is 3.03. The molecule has 4 rings (SSSR count). The van der Waals surface area contributed by atoms with E-state index in [0.717, 1.165) is 10.4 Å². The topological polar surface area (TPSA) is 99.8 Å². The van der Waals surface area contributed by atoms with Crippen LogP contribution in [0, 0.1) is 0 Å². The minimum absolute atomic E-state index is 0.168. The number of phenolic OH excluding ortho intramolecular Hbond substituents is 1. The molecule has 0 unspecified atom stereocenters. The lowest BCUT2D eigenvalue weighted by Gasteiger charge is -2.01. The number of phenols is 1. The molecule has 28 heavy (non-hydrogen) atoms. The zero-order valence-electron chi connectivity index (χ0n) is 14.3. The Morgan fingerprint density at radius 1 is 1.21 bits per heavy atom. The average molecular weight is 410 g/mol. The minimum Gasteiger partial charge on any atom is -0.508 e. The van der Waals surface area contributed by atoms with Crippen molar-refractivity contribution in [3.63, 3.8) is 0 Å². The number of thiazole rings is 1. The Morgan fingerprint density at radius 2 is 2.14 bits per heavy atom. The van der Waals surface area contributed by atoms with Gasteiger partial charge in [0.25, 0.3) is 5.91 Å². The normalized spacial score (nSPS) is 11.0. The van der Waals surface area contributed by atoms with Crippen LogP contribution in [0.4, 0.5) is 10.1 Å². The quantitative estimate of drug-likeness (QED) is 0.311. The second kappa shape index (κ2) is 8.07. The third-order valence-electron chi connectivity index (χ3n) is 3.60. The standard InChI is InChI=1S/C19H14N4O3S2/c24-13-5-1-4-12(10-13)11-20-23-19-21-16(15-7-3-9-27-15)18(28-19)22-17(25)14-6-2-8-26-14/h1-11,24H,(H,21,23)(H,22,25). The van der Waals surface area contributed by atoms with Crippen molar-refractivity contribution in [3.8, 4) is 16.3 Å². The summed E-state index contributed by atoms with van der Waals surface area (Å²) in [4.78, 5) is 17.8. The van der Waals surface area contributed by atoms with Crippen LogP contribution in [0.15, 0.2) is 69.7 Å². The van der Waals surface area contributed by atoms with Crippen molar-refractivity contribution < 1.29 is 14.3 Å². The Kier molecular flexibility index (Phi) is 5.18. The third-order valence-corrected chi connectivity index (χ3v) is 5.35. The van der Waals surface area contributed by atoms with E-state index in [-0.39, 0.29) is 17.4 Å². The molecule has 7 nitrogen and oxygen atoms in total. The highest BCUT2D eigenvalue weighted by molar-refractivity contribution is 7.21. The molecule has 1 aromatic carbocycles. The lowest BCUT2D eigenvalue weighted by molar-refractivity contribution is 0.0997. The molecule has 0 aliphatic carbocycles. The maximum Gasteiger partial charge on any atom is 0.292 e. The molecular formula is C19H14N4O3S2. The van der Waals surface area contributed by atoms with E-state index in [2.05, 4.69) is 20.8 Å². The van der Waals surface area contributed by atoms with Crippen LogP contribution in [-0.4, -0.2) is 22.2 Å². The van der Waals surface area contributed by atoms with E-state index in [4.69, 9.17) is 4.42 Å². The van der Waals surface area contributed by atoms with Crippen LogP contribution in [-0.2, 0) is 0 Å². The van der Waals surface area contributed by atoms with Crippen LogP contribution in [0.3, 0.4) is 0 Å². The van der Waals surface area contributed by atoms with Crippen molar-refractivity contribution in [2.75, 3.05) is 10.7 Å². The summed E-state index contributed by atoms with van der Waals surface area (Å²) < 4.78 is 5.14. The second-order valence-electron chi connectivity index (χ2n) is 5.57. The van der Waals surface area contributed by atoms with Gasteiger partial charge in [-0.2, -0.15) is 5.10 Å². The number of hydrazone groups is 1. The summed E-state index contributed by atoms with van der Waals surface area (Å²) in [6, 6.07) is 13.8. The lowest BCUT2D eigenvalue weighted by atomic mass is 10.2. The van der Waals surface area contributed by atoms with Crippen molar-refractivity contribution in [2.24, 2.45) is 5.10 Å². The lowest BCUT2D eigenvalue weighted by Crippen LogP contribution is -2.10. The molecule has 3 N–H and O–H groups in total. The van der Waals surface area contributed by atoms with E-state index >= 15 is 0 Å². The molecule has 0 atom stereocenters. The number of nitrogens with zero attached hydrogens (tertiary/aromatic N) is 2. The van der Waals surface area contributed by atoms with Gasteiger partial charge in [-0.1, -0.05) is 29.5 Å². The highest BCUT2D eigenvalue weighted by atomic mass is 32.1. The number of anilines is 2. The Morgan fingerprint density at radius 3 is 2.89 bits per heavy atom. The van der Waals surface area contributed by atoms with E-state index in [1.54, 1.807) is 36.5 Å². The van der Waals surface area contributed by atoms with Crippen molar-refractivity contribution >= 4 is 44.9 Å². The van der Waals surface area contributed by atoms with Gasteiger partial charge in [0.1, 0.15) is 16.4 Å². The zero-order chi connectivity index (χ0) is 19.3. The molecule has 0 radical (unpaired) electrons. The van der Waals surface area contributed by atoms with Crippen molar-refractivity contribution in [3.05, 3.63) is 71.5 Å². The van der Waals surface area contributed by atoms with Crippen molar-refractivity contribution in [1.29, 1.82) is 0 Å². The predicted octanol–water partition coefficient (Wildman–Crippen LogP) is 4.87. The number of aromatic hydroxyl groups is 1. The minimum atomic E-state index is -0.346. The number of carbonyl (C=O) groups excluding carboxylic acids is 1. The number of thiophene rings is 1. The Hall–Kier alpha value is -3.43. The summed E-state index contributed by atoms with van der Waals surface area (Å²) in [5.41, 5.74) is 4.27. The smallest absolute Gasteiger partial charge is 0.292 e. The fraction of sp³-hybridized carbons (Fsp3) is 0. The molecule has 9 heteroatoms. The third kappa shape index (κ3) is 4.11. The van der Waals surface area contributed by atoms with Crippen molar-refractivity contribution in [1.82, 2.24) is 4.98 Å². The van der Waals surface area contributed by atoms with Gasteiger partial charge < -0.3 is 14.8 Å². The molecule has 0 saturated carbocycles. The van der Waals surface area contributed by atoms with Crippen LogP contribution in [0.25, 0.3) is 10.6 Å². The number of aromatic nitrogens is 1. The van der Waals surface area contributed by atoms with Crippen LogP contribution < -0.4 is 10.7 Å². The summed E-state index contributed by atoms with van der Waals surface area (Å²) in [6.45, 7) is 0. The largest absolute Gasteiger partial charge is 0.508 e. The molecule has 0 aliphatic rings. The van der Waals surface area contributed by atoms with E-state index in [0.29, 0.717) is 15.8 Å². The summed E-state index contributed by atoms with van der Waals surface area (Å²) in [5.74, 6) is 0.0457. The highest BCUT2D eigenvalue weighted by Gasteiger charge is 2.18. The average Bonchev–Trinajstić information content (AvgIpc) is 3.44.